The molecule has 0 aliphatic rings. The van der Waals surface area contributed by atoms with Crippen molar-refractivity contribution >= 4 is 11.9 Å². The summed E-state index contributed by atoms with van der Waals surface area (Å²) in [5, 5.41) is 17.1. The summed E-state index contributed by atoms with van der Waals surface area (Å²) in [5.74, 6) is -2.51. The number of carbonyl (C=O) groups is 2. The van der Waals surface area contributed by atoms with Gasteiger partial charge < -0.3 is 10.2 Å². The van der Waals surface area contributed by atoms with E-state index in [1.165, 1.54) is 6.08 Å². The van der Waals surface area contributed by atoms with Crippen molar-refractivity contribution < 1.29 is 19.8 Å². The van der Waals surface area contributed by atoms with Crippen molar-refractivity contribution in [3.8, 4) is 0 Å². The Morgan fingerprint density at radius 2 is 1.77 bits per heavy atom. The molecule has 0 heterocycles. The fourth-order valence-electron chi connectivity index (χ4n) is 0.757. The van der Waals surface area contributed by atoms with Crippen LogP contribution in [0.15, 0.2) is 24.3 Å². The smallest absolute Gasteiger partial charge is 0.332 e. The highest BCUT2D eigenvalue weighted by molar-refractivity contribution is 5.96. The van der Waals surface area contributed by atoms with Crippen LogP contribution < -0.4 is 0 Å². The van der Waals surface area contributed by atoms with E-state index in [2.05, 4.69) is 6.58 Å². The first-order valence-electron chi connectivity index (χ1n) is 3.63. The van der Waals surface area contributed by atoms with Crippen LogP contribution in [0, 0.1) is 5.41 Å². The van der Waals surface area contributed by atoms with Crippen molar-refractivity contribution in [2.45, 2.75) is 13.8 Å². The molecule has 2 N–H and O–H groups in total. The number of carboxylic acid groups (broad SMARTS) is 2. The van der Waals surface area contributed by atoms with Crippen LogP contribution in [0.3, 0.4) is 0 Å². The van der Waals surface area contributed by atoms with Gasteiger partial charge in [0.05, 0.1) is 5.57 Å². The van der Waals surface area contributed by atoms with E-state index in [1.807, 2.05) is 0 Å². The van der Waals surface area contributed by atoms with Gasteiger partial charge in [-0.25, -0.2) is 9.59 Å². The predicted molar refractivity (Wildman–Crippen MR) is 47.3 cm³/mol. The zero-order valence-electron chi connectivity index (χ0n) is 7.57. The Morgan fingerprint density at radius 3 is 2.00 bits per heavy atom. The summed E-state index contributed by atoms with van der Waals surface area (Å²) in [6.45, 7) is 6.62. The maximum Gasteiger partial charge on any atom is 0.332 e. The van der Waals surface area contributed by atoms with E-state index in [0.29, 0.717) is 6.08 Å². The molecular formula is C9H12O4. The predicted octanol–water partition coefficient (Wildman–Crippen LogP) is 1.29. The number of hydrogen-bond acceptors (Lipinski definition) is 2. The summed E-state index contributed by atoms with van der Waals surface area (Å²) in [7, 11) is 0. The van der Waals surface area contributed by atoms with Crippen LogP contribution in [0.1, 0.15) is 13.8 Å². The van der Waals surface area contributed by atoms with Crippen molar-refractivity contribution in [2.75, 3.05) is 0 Å². The summed E-state index contributed by atoms with van der Waals surface area (Å²) >= 11 is 0. The summed E-state index contributed by atoms with van der Waals surface area (Å²) in [4.78, 5) is 21.0. The van der Waals surface area contributed by atoms with Gasteiger partial charge in [0.2, 0.25) is 0 Å². The first-order chi connectivity index (χ1) is 5.81. The lowest BCUT2D eigenvalue weighted by atomic mass is 9.84. The summed E-state index contributed by atoms with van der Waals surface area (Å²) in [6.07, 6.45) is 2.08. The van der Waals surface area contributed by atoms with Crippen LogP contribution in [-0.2, 0) is 9.59 Å². The van der Waals surface area contributed by atoms with Gasteiger partial charge in [-0.15, -0.1) is 6.58 Å². The summed E-state index contributed by atoms with van der Waals surface area (Å²) in [5.41, 5.74) is -1.03. The van der Waals surface area contributed by atoms with Crippen LogP contribution in [0.4, 0.5) is 0 Å². The van der Waals surface area contributed by atoms with Crippen LogP contribution in [0.2, 0.25) is 0 Å². The molecular weight excluding hydrogens is 172 g/mol. The van der Waals surface area contributed by atoms with Gasteiger partial charge in [-0.3, -0.25) is 0 Å². The fourth-order valence-corrected chi connectivity index (χ4v) is 0.757. The number of aliphatic carboxylic acids is 2. The average Bonchev–Trinajstić information content (AvgIpc) is 1.99. The molecule has 0 amide bonds. The number of rotatable bonds is 4. The third kappa shape index (κ3) is 3.11. The molecule has 13 heavy (non-hydrogen) atoms. The summed E-state index contributed by atoms with van der Waals surface area (Å²) in [6, 6.07) is 0. The van der Waals surface area contributed by atoms with E-state index < -0.39 is 17.4 Å². The van der Waals surface area contributed by atoms with Crippen molar-refractivity contribution in [1.29, 1.82) is 0 Å². The highest BCUT2D eigenvalue weighted by atomic mass is 16.4. The van der Waals surface area contributed by atoms with Crippen LogP contribution in [-0.4, -0.2) is 22.2 Å². The van der Waals surface area contributed by atoms with Gasteiger partial charge in [0.1, 0.15) is 0 Å². The van der Waals surface area contributed by atoms with E-state index in [-0.39, 0.29) is 5.57 Å². The second-order valence-electron chi connectivity index (χ2n) is 3.13. The Kier molecular flexibility index (Phi) is 3.42. The third-order valence-electron chi connectivity index (χ3n) is 1.70. The van der Waals surface area contributed by atoms with E-state index >= 15 is 0 Å². The topological polar surface area (TPSA) is 74.6 Å². The van der Waals surface area contributed by atoms with Gasteiger partial charge in [0, 0.05) is 11.5 Å². The standard InChI is InChI=1S/C9H12O4/c1-4-9(2,3)6(8(12)13)5-7(10)11/h4-5H,1H2,2-3H3,(H,10,11)(H,12,13). The van der Waals surface area contributed by atoms with E-state index in [4.69, 9.17) is 10.2 Å². The van der Waals surface area contributed by atoms with E-state index in [9.17, 15) is 9.59 Å². The maximum atomic E-state index is 10.7. The number of carboxylic acids is 2. The first-order valence-corrected chi connectivity index (χ1v) is 3.63. The lowest BCUT2D eigenvalue weighted by molar-refractivity contribution is -0.135. The zero-order chi connectivity index (χ0) is 10.6. The normalized spacial score (nSPS) is 12.3. The molecule has 0 aromatic heterocycles. The Labute approximate surface area is 76.2 Å². The highest BCUT2D eigenvalue weighted by Crippen LogP contribution is 2.27. The zero-order valence-corrected chi connectivity index (χ0v) is 7.57. The summed E-state index contributed by atoms with van der Waals surface area (Å²) < 4.78 is 0. The molecule has 0 unspecified atom stereocenters. The number of allylic oxidation sites excluding steroid dienone is 1. The second kappa shape index (κ2) is 3.89. The fraction of sp³-hybridized carbons (Fsp3) is 0.333. The highest BCUT2D eigenvalue weighted by Gasteiger charge is 2.26. The first kappa shape index (κ1) is 11.4. The molecule has 0 aromatic carbocycles. The minimum Gasteiger partial charge on any atom is -0.478 e. The van der Waals surface area contributed by atoms with Gasteiger partial charge in [-0.2, -0.15) is 0 Å². The molecule has 0 aliphatic heterocycles. The molecule has 0 atom stereocenters. The van der Waals surface area contributed by atoms with Crippen molar-refractivity contribution in [3.63, 3.8) is 0 Å². The molecule has 0 saturated carbocycles. The Hall–Kier alpha value is -1.58. The molecule has 4 nitrogen and oxygen atoms in total. The Morgan fingerprint density at radius 1 is 1.31 bits per heavy atom. The van der Waals surface area contributed by atoms with Gasteiger partial charge >= 0.3 is 11.9 Å². The minimum atomic E-state index is -1.27. The van der Waals surface area contributed by atoms with Gasteiger partial charge in [0.15, 0.2) is 0 Å². The molecule has 72 valence electrons. The van der Waals surface area contributed by atoms with Crippen molar-refractivity contribution in [3.05, 3.63) is 24.3 Å². The lowest BCUT2D eigenvalue weighted by Crippen LogP contribution is -2.20. The SMILES string of the molecule is C=CC(C)(C)C(=CC(=O)O)C(=O)O. The molecule has 4 heteroatoms. The average molecular weight is 184 g/mol. The molecule has 0 aliphatic carbocycles. The minimum absolute atomic E-state index is 0.185. The number of hydrogen-bond donors (Lipinski definition) is 2. The largest absolute Gasteiger partial charge is 0.478 e. The van der Waals surface area contributed by atoms with Crippen molar-refractivity contribution in [2.24, 2.45) is 5.41 Å². The lowest BCUT2D eigenvalue weighted by Gasteiger charge is -2.19. The molecule has 0 bridgehead atoms. The molecule has 0 aromatic rings. The molecule has 0 spiro atoms. The van der Waals surface area contributed by atoms with Crippen LogP contribution >= 0.6 is 0 Å². The monoisotopic (exact) mass is 184 g/mol. The van der Waals surface area contributed by atoms with Crippen molar-refractivity contribution in [1.82, 2.24) is 0 Å². The molecule has 0 radical (unpaired) electrons. The van der Waals surface area contributed by atoms with E-state index in [1.54, 1.807) is 13.8 Å². The Balaban J connectivity index is 5.16. The third-order valence-corrected chi connectivity index (χ3v) is 1.70. The molecule has 0 rings (SSSR count). The Bertz CT molecular complexity index is 273. The molecule has 0 fully saturated rings. The second-order valence-corrected chi connectivity index (χ2v) is 3.13. The van der Waals surface area contributed by atoms with Gasteiger partial charge in [0.25, 0.3) is 0 Å². The maximum absolute atomic E-state index is 10.7. The van der Waals surface area contributed by atoms with E-state index in [0.717, 1.165) is 0 Å². The van der Waals surface area contributed by atoms with Crippen LogP contribution in [0.5, 0.6) is 0 Å². The molecule has 0 saturated heterocycles. The van der Waals surface area contributed by atoms with Crippen LogP contribution in [0.25, 0.3) is 0 Å². The van der Waals surface area contributed by atoms with Gasteiger partial charge in [-0.1, -0.05) is 19.9 Å². The van der Waals surface area contributed by atoms with Gasteiger partial charge in [-0.05, 0) is 0 Å². The quantitative estimate of drug-likeness (QED) is 0.510.